The van der Waals surface area contributed by atoms with Crippen molar-refractivity contribution in [3.05, 3.63) is 59.4 Å². The van der Waals surface area contributed by atoms with Gasteiger partial charge in [0.05, 0.1) is 0 Å². The van der Waals surface area contributed by atoms with Crippen molar-refractivity contribution < 1.29 is 4.79 Å². The second kappa shape index (κ2) is 5.06. The van der Waals surface area contributed by atoms with Gasteiger partial charge in [-0.15, -0.1) is 0 Å². The predicted octanol–water partition coefficient (Wildman–Crippen LogP) is 2.51. The number of H-pyrrole nitrogens is 1. The van der Waals surface area contributed by atoms with Crippen LogP contribution in [0.4, 0.5) is 5.69 Å². The molecule has 3 rings (SSSR count). The average Bonchev–Trinajstić information content (AvgIpc) is 3.13. The van der Waals surface area contributed by atoms with Gasteiger partial charge in [0.15, 0.2) is 0 Å². The molecule has 0 bridgehead atoms. The number of nitriles is 1. The largest absolute Gasteiger partial charge is 0.362 e. The molecular formula is C16H13N3O. The molecule has 0 aliphatic carbocycles. The number of rotatable bonds is 2. The molecule has 1 aromatic carbocycles. The van der Waals surface area contributed by atoms with E-state index in [1.807, 2.05) is 42.5 Å². The summed E-state index contributed by atoms with van der Waals surface area (Å²) in [4.78, 5) is 17.1. The van der Waals surface area contributed by atoms with Crippen molar-refractivity contribution >= 4 is 17.7 Å². The second-order valence-electron chi connectivity index (χ2n) is 4.63. The maximum absolute atomic E-state index is 12.5. The van der Waals surface area contributed by atoms with E-state index < -0.39 is 0 Å². The Bertz CT molecular complexity index is 708. The van der Waals surface area contributed by atoms with E-state index in [0.717, 1.165) is 23.4 Å². The predicted molar refractivity (Wildman–Crippen MR) is 76.9 cm³/mol. The number of nitrogens with one attached hydrogen (secondary N) is 1. The lowest BCUT2D eigenvalue weighted by Gasteiger charge is -2.16. The van der Waals surface area contributed by atoms with E-state index in [2.05, 4.69) is 4.98 Å². The van der Waals surface area contributed by atoms with Crippen molar-refractivity contribution in [3.63, 3.8) is 0 Å². The summed E-state index contributed by atoms with van der Waals surface area (Å²) in [5.41, 5.74) is 2.95. The summed E-state index contributed by atoms with van der Waals surface area (Å²) in [6, 6.07) is 13.5. The van der Waals surface area contributed by atoms with Crippen LogP contribution < -0.4 is 4.90 Å². The van der Waals surface area contributed by atoms with Crippen LogP contribution in [-0.2, 0) is 11.2 Å². The number of amides is 1. The summed E-state index contributed by atoms with van der Waals surface area (Å²) in [6.07, 6.45) is 4.18. The van der Waals surface area contributed by atoms with Gasteiger partial charge in [0, 0.05) is 24.1 Å². The summed E-state index contributed by atoms with van der Waals surface area (Å²) >= 11 is 0. The zero-order valence-corrected chi connectivity index (χ0v) is 10.8. The highest BCUT2D eigenvalue weighted by atomic mass is 16.2. The minimum absolute atomic E-state index is 0.143. The van der Waals surface area contributed by atoms with Crippen molar-refractivity contribution in [3.8, 4) is 6.07 Å². The van der Waals surface area contributed by atoms with Crippen LogP contribution in [-0.4, -0.2) is 17.4 Å². The standard InChI is InChI=1S/C16H13N3O/c17-11-13(10-14-5-3-8-18-14)16(20)19-9-7-12-4-1-2-6-15(12)19/h1-6,8,10,18H,7,9H2/b13-10+. The van der Waals surface area contributed by atoms with Crippen LogP contribution >= 0.6 is 0 Å². The van der Waals surface area contributed by atoms with Gasteiger partial charge in [0.2, 0.25) is 0 Å². The highest BCUT2D eigenvalue weighted by molar-refractivity contribution is 6.11. The van der Waals surface area contributed by atoms with E-state index in [9.17, 15) is 10.1 Å². The number of aromatic amines is 1. The first-order valence-corrected chi connectivity index (χ1v) is 6.44. The lowest BCUT2D eigenvalue weighted by Crippen LogP contribution is -2.29. The van der Waals surface area contributed by atoms with Crippen LogP contribution in [0.25, 0.3) is 6.08 Å². The number of carbonyl (C=O) groups excluding carboxylic acids is 1. The summed E-state index contributed by atoms with van der Waals surface area (Å²) in [5, 5.41) is 9.22. The maximum atomic E-state index is 12.5. The SMILES string of the molecule is N#C/C(=C\c1ccc[nH]1)C(=O)N1CCc2ccccc21. The fourth-order valence-corrected chi connectivity index (χ4v) is 2.43. The lowest BCUT2D eigenvalue weighted by molar-refractivity contribution is -0.114. The van der Waals surface area contributed by atoms with Crippen molar-refractivity contribution in [2.75, 3.05) is 11.4 Å². The molecule has 98 valence electrons. The van der Waals surface area contributed by atoms with Gasteiger partial charge in [-0.1, -0.05) is 18.2 Å². The van der Waals surface area contributed by atoms with Crippen molar-refractivity contribution in [1.29, 1.82) is 5.26 Å². The van der Waals surface area contributed by atoms with Crippen LogP contribution in [0.5, 0.6) is 0 Å². The molecule has 0 radical (unpaired) electrons. The van der Waals surface area contributed by atoms with Crippen LogP contribution in [0.3, 0.4) is 0 Å². The first-order valence-electron chi connectivity index (χ1n) is 6.44. The Labute approximate surface area is 117 Å². The Morgan fingerprint density at radius 1 is 1.30 bits per heavy atom. The summed E-state index contributed by atoms with van der Waals surface area (Å²) in [5.74, 6) is -0.243. The topological polar surface area (TPSA) is 59.9 Å². The molecule has 2 heterocycles. The first kappa shape index (κ1) is 12.2. The fraction of sp³-hybridized carbons (Fsp3) is 0.125. The number of hydrogen-bond donors (Lipinski definition) is 1. The molecule has 0 unspecified atom stereocenters. The second-order valence-corrected chi connectivity index (χ2v) is 4.63. The van der Waals surface area contributed by atoms with Crippen LogP contribution in [0.15, 0.2) is 48.2 Å². The number of para-hydroxylation sites is 1. The monoisotopic (exact) mass is 263 g/mol. The van der Waals surface area contributed by atoms with E-state index >= 15 is 0 Å². The Balaban J connectivity index is 1.92. The fourth-order valence-electron chi connectivity index (χ4n) is 2.43. The highest BCUT2D eigenvalue weighted by Crippen LogP contribution is 2.28. The molecule has 1 aliphatic heterocycles. The van der Waals surface area contributed by atoms with Crippen molar-refractivity contribution in [2.24, 2.45) is 0 Å². The molecule has 1 aromatic heterocycles. The molecule has 0 spiro atoms. The molecule has 2 aromatic rings. The molecule has 20 heavy (non-hydrogen) atoms. The minimum Gasteiger partial charge on any atom is -0.362 e. The molecule has 0 atom stereocenters. The summed E-state index contributed by atoms with van der Waals surface area (Å²) in [6.45, 7) is 0.627. The van der Waals surface area contributed by atoms with Crippen LogP contribution in [0.1, 0.15) is 11.3 Å². The molecule has 4 heteroatoms. The quantitative estimate of drug-likeness (QED) is 0.668. The Kier molecular flexibility index (Phi) is 3.10. The van der Waals surface area contributed by atoms with Gasteiger partial charge in [0.25, 0.3) is 5.91 Å². The minimum atomic E-state index is -0.243. The number of benzene rings is 1. The number of nitrogens with zero attached hydrogens (tertiary/aromatic N) is 2. The normalized spacial score (nSPS) is 13.9. The molecule has 1 aliphatic rings. The number of anilines is 1. The lowest BCUT2D eigenvalue weighted by atomic mass is 10.1. The number of hydrogen-bond acceptors (Lipinski definition) is 2. The van der Waals surface area contributed by atoms with Crippen LogP contribution in [0, 0.1) is 11.3 Å². The van der Waals surface area contributed by atoms with Gasteiger partial charge >= 0.3 is 0 Å². The summed E-state index contributed by atoms with van der Waals surface area (Å²) in [7, 11) is 0. The smallest absolute Gasteiger partial charge is 0.269 e. The zero-order chi connectivity index (χ0) is 13.9. The van der Waals surface area contributed by atoms with Gasteiger partial charge in [0.1, 0.15) is 11.6 Å². The zero-order valence-electron chi connectivity index (χ0n) is 10.8. The molecule has 1 N–H and O–H groups in total. The average molecular weight is 263 g/mol. The van der Waals surface area contributed by atoms with Gasteiger partial charge < -0.3 is 9.88 Å². The number of aromatic nitrogens is 1. The highest BCUT2D eigenvalue weighted by Gasteiger charge is 2.26. The Morgan fingerprint density at radius 2 is 2.15 bits per heavy atom. The summed E-state index contributed by atoms with van der Waals surface area (Å²) < 4.78 is 0. The van der Waals surface area contributed by atoms with Crippen molar-refractivity contribution in [1.82, 2.24) is 4.98 Å². The van der Waals surface area contributed by atoms with E-state index in [1.165, 1.54) is 0 Å². The maximum Gasteiger partial charge on any atom is 0.269 e. The van der Waals surface area contributed by atoms with E-state index in [0.29, 0.717) is 6.54 Å². The third-order valence-electron chi connectivity index (χ3n) is 3.41. The molecule has 0 saturated carbocycles. The van der Waals surface area contributed by atoms with Gasteiger partial charge in [-0.2, -0.15) is 5.26 Å². The van der Waals surface area contributed by atoms with E-state index in [-0.39, 0.29) is 11.5 Å². The number of carbonyl (C=O) groups is 1. The van der Waals surface area contributed by atoms with Gasteiger partial charge in [-0.05, 0) is 36.3 Å². The number of fused-ring (bicyclic) bond motifs is 1. The van der Waals surface area contributed by atoms with Gasteiger partial charge in [-0.3, -0.25) is 4.79 Å². The third kappa shape index (κ3) is 2.10. The first-order chi connectivity index (χ1) is 9.79. The molecule has 4 nitrogen and oxygen atoms in total. The molecule has 0 fully saturated rings. The van der Waals surface area contributed by atoms with Crippen LogP contribution in [0.2, 0.25) is 0 Å². The van der Waals surface area contributed by atoms with Crippen molar-refractivity contribution in [2.45, 2.75) is 6.42 Å². The Morgan fingerprint density at radius 3 is 2.90 bits per heavy atom. The Hall–Kier alpha value is -2.80. The molecule has 0 saturated heterocycles. The third-order valence-corrected chi connectivity index (χ3v) is 3.41. The van der Waals surface area contributed by atoms with E-state index in [1.54, 1.807) is 17.2 Å². The molecular weight excluding hydrogens is 250 g/mol. The van der Waals surface area contributed by atoms with Gasteiger partial charge in [-0.25, -0.2) is 0 Å². The van der Waals surface area contributed by atoms with E-state index in [4.69, 9.17) is 0 Å². The molecule has 1 amide bonds.